The summed E-state index contributed by atoms with van der Waals surface area (Å²) in [5.74, 6) is -0.206. The third-order valence-corrected chi connectivity index (χ3v) is 9.47. The zero-order valence-corrected chi connectivity index (χ0v) is 27.2. The fraction of sp³-hybridized carbons (Fsp3) is 0.333. The molecule has 0 saturated heterocycles. The van der Waals surface area contributed by atoms with Crippen LogP contribution in [0.4, 0.5) is 13.2 Å². The van der Waals surface area contributed by atoms with E-state index in [1.165, 1.54) is 62.5 Å². The summed E-state index contributed by atoms with van der Waals surface area (Å²) in [5, 5.41) is 7.35. The molecule has 1 saturated carbocycles. The Balaban J connectivity index is 1.32. The molecule has 2 N–H and O–H groups in total. The van der Waals surface area contributed by atoms with Gasteiger partial charge in [0.1, 0.15) is 18.1 Å². The van der Waals surface area contributed by atoms with Gasteiger partial charge in [-0.15, -0.1) is 0 Å². The van der Waals surface area contributed by atoms with Gasteiger partial charge >= 0.3 is 16.4 Å². The molecule has 1 atom stereocenters. The van der Waals surface area contributed by atoms with Crippen molar-refractivity contribution in [3.8, 4) is 11.3 Å². The quantitative estimate of drug-likeness (QED) is 0.252. The minimum Gasteiger partial charge on any atom is -0.474 e. The van der Waals surface area contributed by atoms with Gasteiger partial charge in [-0.3, -0.25) is 4.79 Å². The van der Waals surface area contributed by atoms with Crippen molar-refractivity contribution in [3.63, 3.8) is 0 Å². The molecule has 0 radical (unpaired) electrons. The lowest BCUT2D eigenvalue weighted by Crippen LogP contribution is -2.48. The number of halogens is 5. The predicted molar refractivity (Wildman–Crippen MR) is 166 cm³/mol. The molecular formula is C30H30Cl2F3N5O5S. The second-order valence-electron chi connectivity index (χ2n) is 11.0. The Morgan fingerprint density at radius 3 is 2.33 bits per heavy atom. The monoisotopic (exact) mass is 699 g/mol. The number of nitrogens with one attached hydrogen (secondary N) is 2. The van der Waals surface area contributed by atoms with Gasteiger partial charge in [-0.25, -0.2) is 4.72 Å². The Bertz CT molecular complexity index is 1770. The Morgan fingerprint density at radius 1 is 1.09 bits per heavy atom. The lowest BCUT2D eigenvalue weighted by Gasteiger charge is -2.34. The van der Waals surface area contributed by atoms with Gasteiger partial charge < -0.3 is 19.5 Å². The number of hydrogen-bond acceptors (Lipinski definition) is 8. The normalized spacial score (nSPS) is 16.8. The molecule has 0 spiro atoms. The summed E-state index contributed by atoms with van der Waals surface area (Å²) < 4.78 is 81.0. The maximum atomic E-state index is 14.3. The highest BCUT2D eigenvalue weighted by molar-refractivity contribution is 7.87. The van der Waals surface area contributed by atoms with E-state index in [-0.39, 0.29) is 36.2 Å². The minimum atomic E-state index is -4.67. The van der Waals surface area contributed by atoms with E-state index in [1.807, 2.05) is 4.72 Å². The van der Waals surface area contributed by atoms with Crippen LogP contribution in [0.25, 0.3) is 11.3 Å². The van der Waals surface area contributed by atoms with Crippen molar-refractivity contribution < 1.29 is 35.6 Å². The van der Waals surface area contributed by atoms with E-state index in [2.05, 4.69) is 10.5 Å². The Morgan fingerprint density at radius 2 is 1.74 bits per heavy atom. The number of hydrogen-bond donors (Lipinski definition) is 2. The first kappa shape index (κ1) is 33.6. The Labute approximate surface area is 273 Å². The number of nitrogens with zero attached hydrogens (tertiary/aromatic N) is 3. The average molecular weight is 701 g/mol. The summed E-state index contributed by atoms with van der Waals surface area (Å²) in [6, 6.07) is 8.80. The van der Waals surface area contributed by atoms with Crippen LogP contribution in [0.2, 0.25) is 10.0 Å². The van der Waals surface area contributed by atoms with Crippen molar-refractivity contribution in [3.05, 3.63) is 98.7 Å². The molecule has 1 amide bonds. The predicted octanol–water partition coefficient (Wildman–Crippen LogP) is 5.97. The topological polar surface area (TPSA) is 117 Å². The van der Waals surface area contributed by atoms with Gasteiger partial charge in [0.25, 0.3) is 5.91 Å². The third kappa shape index (κ3) is 7.46. The molecule has 1 fully saturated rings. The summed E-state index contributed by atoms with van der Waals surface area (Å²) >= 11 is 12.8. The van der Waals surface area contributed by atoms with E-state index in [1.54, 1.807) is 18.2 Å². The summed E-state index contributed by atoms with van der Waals surface area (Å²) in [6.45, 7) is -0.0696. The number of carbonyl (C=O) groups excluding carboxylic acids is 1. The van der Waals surface area contributed by atoms with Crippen molar-refractivity contribution in [2.75, 3.05) is 21.1 Å². The van der Waals surface area contributed by atoms with Crippen molar-refractivity contribution in [1.82, 2.24) is 24.4 Å². The fourth-order valence-electron chi connectivity index (χ4n) is 4.80. The number of alkyl halides is 3. The molecule has 10 nitrogen and oxygen atoms in total. The van der Waals surface area contributed by atoms with Crippen LogP contribution < -0.4 is 10.0 Å². The van der Waals surface area contributed by atoms with Gasteiger partial charge in [-0.2, -0.15) is 25.9 Å². The highest BCUT2D eigenvalue weighted by atomic mass is 35.5. The van der Waals surface area contributed by atoms with Gasteiger partial charge in [0.2, 0.25) is 0 Å². The zero-order valence-electron chi connectivity index (χ0n) is 24.9. The zero-order chi connectivity index (χ0) is 33.4. The second-order valence-corrected chi connectivity index (χ2v) is 13.7. The number of amides is 1. The van der Waals surface area contributed by atoms with Crippen molar-refractivity contribution in [1.29, 1.82) is 0 Å². The van der Waals surface area contributed by atoms with Crippen molar-refractivity contribution >= 4 is 39.3 Å². The summed E-state index contributed by atoms with van der Waals surface area (Å²) in [4.78, 5) is 13.7. The number of benzene rings is 2. The molecule has 3 aromatic rings. The first-order valence-electron chi connectivity index (χ1n) is 14.0. The van der Waals surface area contributed by atoms with Crippen molar-refractivity contribution in [2.24, 2.45) is 0 Å². The standard InChI is InChI=1S/C30H30Cl2F3N5O5S/c1-39(2)46(42,43)38-29(41)19-9-7-17(8-10-19)15-40(3)23-13-14-24(36-28(23)30(33,34)35)44-16-20-26(37-45-27(20)18-11-12-18)25-21(31)5-4-6-22(25)32/h4-10,13-14,18,28,36H,11-12,15-16H2,1-3H3,(H,38,41). The van der Waals surface area contributed by atoms with E-state index in [4.69, 9.17) is 32.5 Å². The summed E-state index contributed by atoms with van der Waals surface area (Å²) in [6.07, 6.45) is -0.142. The summed E-state index contributed by atoms with van der Waals surface area (Å²) in [5.41, 5.74) is 1.99. The van der Waals surface area contributed by atoms with Gasteiger partial charge in [-0.05, 0) is 54.8 Å². The highest BCUT2D eigenvalue weighted by Crippen LogP contribution is 2.46. The van der Waals surface area contributed by atoms with Crippen LogP contribution in [0, 0.1) is 0 Å². The van der Waals surface area contributed by atoms with Crippen LogP contribution >= 0.6 is 23.2 Å². The Kier molecular flexibility index (Phi) is 9.64. The molecular weight excluding hydrogens is 670 g/mol. The molecule has 2 heterocycles. The van der Waals surface area contributed by atoms with Crippen LogP contribution in [0.3, 0.4) is 0 Å². The third-order valence-electron chi connectivity index (χ3n) is 7.43. The first-order valence-corrected chi connectivity index (χ1v) is 16.2. The molecule has 5 rings (SSSR count). The van der Waals surface area contributed by atoms with E-state index < -0.39 is 28.3 Å². The molecule has 0 bridgehead atoms. The lowest BCUT2D eigenvalue weighted by molar-refractivity contribution is -0.152. The lowest BCUT2D eigenvalue weighted by atomic mass is 10.0. The van der Waals surface area contributed by atoms with E-state index >= 15 is 0 Å². The number of aromatic nitrogens is 1. The van der Waals surface area contributed by atoms with Crippen LogP contribution in [0.15, 0.2) is 70.7 Å². The number of ether oxygens (including phenoxy) is 1. The molecule has 246 valence electrons. The minimum absolute atomic E-state index is 0.0640. The molecule has 1 aliphatic carbocycles. The molecule has 16 heteroatoms. The van der Waals surface area contributed by atoms with Gasteiger partial charge in [-0.1, -0.05) is 46.6 Å². The average Bonchev–Trinajstić information content (AvgIpc) is 3.75. The van der Waals surface area contributed by atoms with Gasteiger partial charge in [0.05, 0.1) is 15.6 Å². The smallest absolute Gasteiger partial charge is 0.414 e. The van der Waals surface area contributed by atoms with Crippen LogP contribution in [0.1, 0.15) is 46.0 Å². The number of rotatable bonds is 11. The molecule has 2 aliphatic rings. The van der Waals surface area contributed by atoms with Crippen LogP contribution in [-0.2, 0) is 28.1 Å². The number of carbonyl (C=O) groups is 1. The van der Waals surface area contributed by atoms with Crippen LogP contribution in [0.5, 0.6) is 0 Å². The number of allylic oxidation sites excluding steroid dienone is 2. The molecule has 1 unspecified atom stereocenters. The van der Waals surface area contributed by atoms with Crippen LogP contribution in [-0.4, -0.2) is 62.0 Å². The highest BCUT2D eigenvalue weighted by Gasteiger charge is 2.45. The summed E-state index contributed by atoms with van der Waals surface area (Å²) in [7, 11) is 0.0785. The van der Waals surface area contributed by atoms with Gasteiger partial charge in [0.15, 0.2) is 11.9 Å². The van der Waals surface area contributed by atoms with E-state index in [0.29, 0.717) is 38.2 Å². The van der Waals surface area contributed by atoms with Gasteiger partial charge in [0, 0.05) is 50.4 Å². The molecule has 1 aliphatic heterocycles. The number of likely N-dealkylation sites (N-methyl/N-ethyl adjacent to an activating group) is 1. The van der Waals surface area contributed by atoms with Crippen molar-refractivity contribution in [2.45, 2.75) is 44.1 Å². The molecule has 46 heavy (non-hydrogen) atoms. The SMILES string of the molecule is CN(Cc1ccc(C(=O)NS(=O)(=O)N(C)C)cc1)C1=CC=C(OCc2c(-c3c(Cl)cccc3Cl)noc2C2CC2)NC1C(F)(F)F. The fourth-order valence-corrected chi connectivity index (χ4v) is 5.91. The largest absolute Gasteiger partial charge is 0.474 e. The number of dihydropyridines is 1. The Hall–Kier alpha value is -3.72. The second kappa shape index (κ2) is 13.2. The first-order chi connectivity index (χ1) is 21.7. The van der Waals surface area contributed by atoms with E-state index in [0.717, 1.165) is 17.1 Å². The molecule has 2 aromatic carbocycles. The van der Waals surface area contributed by atoms with E-state index in [9.17, 15) is 26.4 Å². The maximum Gasteiger partial charge on any atom is 0.414 e. The molecule has 1 aromatic heterocycles. The maximum absolute atomic E-state index is 14.3.